The predicted octanol–water partition coefficient (Wildman–Crippen LogP) is 1.10. The van der Waals surface area contributed by atoms with Crippen molar-refractivity contribution in [2.75, 3.05) is 6.61 Å². The SMILES string of the molecule is OCC1=C(Cl)C=CC=CN1. The molecule has 1 heterocycles. The summed E-state index contributed by atoms with van der Waals surface area (Å²) in [7, 11) is 0. The smallest absolute Gasteiger partial charge is 0.0845 e. The normalized spacial score (nSPS) is 17.0. The Balaban J connectivity index is 2.82. The molecule has 0 fully saturated rings. The van der Waals surface area contributed by atoms with E-state index in [1.165, 1.54) is 0 Å². The van der Waals surface area contributed by atoms with Crippen LogP contribution in [0.1, 0.15) is 0 Å². The van der Waals surface area contributed by atoms with Gasteiger partial charge in [-0.05, 0) is 12.2 Å². The van der Waals surface area contributed by atoms with Gasteiger partial charge in [0, 0.05) is 6.20 Å². The second-order valence-electron chi connectivity index (χ2n) is 1.85. The van der Waals surface area contributed by atoms with E-state index in [1.54, 1.807) is 18.4 Å². The number of allylic oxidation sites excluding steroid dienone is 4. The second kappa shape index (κ2) is 3.44. The Kier molecular flexibility index (Phi) is 2.54. The zero-order chi connectivity index (χ0) is 7.40. The van der Waals surface area contributed by atoms with E-state index in [0.717, 1.165) is 0 Å². The fourth-order valence-electron chi connectivity index (χ4n) is 0.635. The van der Waals surface area contributed by atoms with Crippen LogP contribution >= 0.6 is 11.6 Å². The molecule has 54 valence electrons. The number of aliphatic hydroxyl groups excluding tert-OH is 1. The number of halogens is 1. The molecule has 10 heavy (non-hydrogen) atoms. The van der Waals surface area contributed by atoms with Crippen LogP contribution < -0.4 is 5.32 Å². The van der Waals surface area contributed by atoms with Crippen LogP contribution in [-0.4, -0.2) is 11.7 Å². The molecule has 0 radical (unpaired) electrons. The molecular weight excluding hydrogens is 150 g/mol. The van der Waals surface area contributed by atoms with Crippen LogP contribution in [0.4, 0.5) is 0 Å². The maximum absolute atomic E-state index is 8.71. The predicted molar refractivity (Wildman–Crippen MR) is 41.4 cm³/mol. The van der Waals surface area contributed by atoms with Gasteiger partial charge in [-0.15, -0.1) is 0 Å². The van der Waals surface area contributed by atoms with Crippen molar-refractivity contribution >= 4 is 11.6 Å². The summed E-state index contributed by atoms with van der Waals surface area (Å²) in [5.41, 5.74) is 0.631. The van der Waals surface area contributed by atoms with Crippen molar-refractivity contribution in [1.82, 2.24) is 5.32 Å². The molecule has 0 saturated heterocycles. The summed E-state index contributed by atoms with van der Waals surface area (Å²) in [6.45, 7) is -0.0620. The molecule has 0 amide bonds. The van der Waals surface area contributed by atoms with Crippen LogP contribution in [0.25, 0.3) is 0 Å². The highest BCUT2D eigenvalue weighted by Gasteiger charge is 1.98. The van der Waals surface area contributed by atoms with Gasteiger partial charge in [-0.3, -0.25) is 0 Å². The summed E-state index contributed by atoms with van der Waals surface area (Å²) in [5.74, 6) is 0. The average Bonchev–Trinajstić information content (AvgIpc) is 2.13. The topological polar surface area (TPSA) is 32.3 Å². The van der Waals surface area contributed by atoms with Gasteiger partial charge in [0.15, 0.2) is 0 Å². The molecule has 0 aromatic heterocycles. The Morgan fingerprint density at radius 3 is 3.00 bits per heavy atom. The van der Waals surface area contributed by atoms with Gasteiger partial charge in [-0.25, -0.2) is 0 Å². The molecule has 0 aromatic carbocycles. The lowest BCUT2D eigenvalue weighted by Gasteiger charge is -2.01. The van der Waals surface area contributed by atoms with Crippen LogP contribution in [0.5, 0.6) is 0 Å². The van der Waals surface area contributed by atoms with Crippen LogP contribution in [0.15, 0.2) is 35.2 Å². The van der Waals surface area contributed by atoms with E-state index in [-0.39, 0.29) is 6.61 Å². The molecule has 0 atom stereocenters. The second-order valence-corrected chi connectivity index (χ2v) is 2.25. The number of aliphatic hydroxyl groups is 1. The minimum atomic E-state index is -0.0620. The van der Waals surface area contributed by atoms with Crippen LogP contribution in [-0.2, 0) is 0 Å². The van der Waals surface area contributed by atoms with E-state index in [0.29, 0.717) is 10.7 Å². The molecule has 0 saturated carbocycles. The summed E-state index contributed by atoms with van der Waals surface area (Å²) in [6.07, 6.45) is 7.06. The van der Waals surface area contributed by atoms with Crippen molar-refractivity contribution in [3.63, 3.8) is 0 Å². The lowest BCUT2D eigenvalue weighted by molar-refractivity contribution is 0.325. The Bertz CT molecular complexity index is 206. The Labute approximate surface area is 64.5 Å². The van der Waals surface area contributed by atoms with Crippen molar-refractivity contribution < 1.29 is 5.11 Å². The maximum atomic E-state index is 8.71. The van der Waals surface area contributed by atoms with Crippen molar-refractivity contribution in [2.24, 2.45) is 0 Å². The average molecular weight is 158 g/mol. The van der Waals surface area contributed by atoms with Crippen molar-refractivity contribution in [3.8, 4) is 0 Å². The van der Waals surface area contributed by atoms with Gasteiger partial charge in [0.25, 0.3) is 0 Å². The summed E-state index contributed by atoms with van der Waals surface area (Å²) >= 11 is 5.72. The number of nitrogens with one attached hydrogen (secondary N) is 1. The third-order valence-corrected chi connectivity index (χ3v) is 1.51. The molecule has 1 rings (SSSR count). The van der Waals surface area contributed by atoms with Crippen LogP contribution in [0, 0.1) is 0 Å². The van der Waals surface area contributed by atoms with Gasteiger partial charge >= 0.3 is 0 Å². The van der Waals surface area contributed by atoms with Gasteiger partial charge < -0.3 is 10.4 Å². The molecule has 2 N–H and O–H groups in total. The molecule has 0 spiro atoms. The fraction of sp³-hybridized carbons (Fsp3) is 0.143. The van der Waals surface area contributed by atoms with E-state index in [2.05, 4.69) is 5.32 Å². The number of hydrogen-bond acceptors (Lipinski definition) is 2. The molecule has 1 aliphatic heterocycles. The third-order valence-electron chi connectivity index (χ3n) is 1.15. The Hall–Kier alpha value is -0.730. The Morgan fingerprint density at radius 2 is 2.30 bits per heavy atom. The first-order chi connectivity index (χ1) is 4.84. The molecular formula is C7H8ClNO. The lowest BCUT2D eigenvalue weighted by Crippen LogP contribution is -2.08. The molecule has 0 bridgehead atoms. The maximum Gasteiger partial charge on any atom is 0.0845 e. The van der Waals surface area contributed by atoms with E-state index in [9.17, 15) is 0 Å². The van der Waals surface area contributed by atoms with E-state index < -0.39 is 0 Å². The standard InChI is InChI=1S/C7H8ClNO/c8-6-3-1-2-4-9-7(6)5-10/h1-4,9-10H,5H2. The van der Waals surface area contributed by atoms with Gasteiger partial charge in [0.05, 0.1) is 17.3 Å². The Morgan fingerprint density at radius 1 is 1.50 bits per heavy atom. The van der Waals surface area contributed by atoms with E-state index in [1.807, 2.05) is 6.08 Å². The highest BCUT2D eigenvalue weighted by molar-refractivity contribution is 6.31. The quantitative estimate of drug-likeness (QED) is 0.598. The molecule has 0 aromatic rings. The fourth-order valence-corrected chi connectivity index (χ4v) is 0.822. The van der Waals surface area contributed by atoms with Gasteiger partial charge in [0.1, 0.15) is 0 Å². The minimum absolute atomic E-state index is 0.0620. The van der Waals surface area contributed by atoms with Gasteiger partial charge in [0.2, 0.25) is 0 Å². The zero-order valence-electron chi connectivity index (χ0n) is 5.34. The first kappa shape index (κ1) is 7.38. The van der Waals surface area contributed by atoms with Crippen molar-refractivity contribution in [3.05, 3.63) is 35.2 Å². The lowest BCUT2D eigenvalue weighted by atomic mass is 10.4. The summed E-state index contributed by atoms with van der Waals surface area (Å²) in [4.78, 5) is 0. The largest absolute Gasteiger partial charge is 0.390 e. The minimum Gasteiger partial charge on any atom is -0.390 e. The molecule has 0 aliphatic carbocycles. The van der Waals surface area contributed by atoms with E-state index in [4.69, 9.17) is 16.7 Å². The van der Waals surface area contributed by atoms with Gasteiger partial charge in [-0.2, -0.15) is 0 Å². The molecule has 0 unspecified atom stereocenters. The first-order valence-electron chi connectivity index (χ1n) is 2.94. The summed E-state index contributed by atoms with van der Waals surface area (Å²) in [6, 6.07) is 0. The molecule has 3 heteroatoms. The molecule has 1 aliphatic rings. The highest BCUT2D eigenvalue weighted by Crippen LogP contribution is 2.10. The van der Waals surface area contributed by atoms with Crippen molar-refractivity contribution in [2.45, 2.75) is 0 Å². The monoisotopic (exact) mass is 157 g/mol. The van der Waals surface area contributed by atoms with E-state index >= 15 is 0 Å². The van der Waals surface area contributed by atoms with Crippen molar-refractivity contribution in [1.29, 1.82) is 0 Å². The van der Waals surface area contributed by atoms with Gasteiger partial charge in [-0.1, -0.05) is 17.7 Å². The highest BCUT2D eigenvalue weighted by atomic mass is 35.5. The van der Waals surface area contributed by atoms with Crippen LogP contribution in [0.2, 0.25) is 0 Å². The van der Waals surface area contributed by atoms with Crippen LogP contribution in [0.3, 0.4) is 0 Å². The zero-order valence-corrected chi connectivity index (χ0v) is 6.10. The third kappa shape index (κ3) is 1.62. The molecule has 2 nitrogen and oxygen atoms in total. The number of hydrogen-bond donors (Lipinski definition) is 2. The number of rotatable bonds is 1. The summed E-state index contributed by atoms with van der Waals surface area (Å²) in [5, 5.41) is 12.1. The summed E-state index contributed by atoms with van der Waals surface area (Å²) < 4.78 is 0. The first-order valence-corrected chi connectivity index (χ1v) is 3.31.